The fourth-order valence-electron chi connectivity index (χ4n) is 4.30. The molecule has 2 amide bonds. The van der Waals surface area contributed by atoms with Crippen molar-refractivity contribution in [2.24, 2.45) is 0 Å². The van der Waals surface area contributed by atoms with Gasteiger partial charge >= 0.3 is 5.38 Å². The lowest BCUT2D eigenvalue weighted by Gasteiger charge is -2.21. The predicted molar refractivity (Wildman–Crippen MR) is 154 cm³/mol. The van der Waals surface area contributed by atoms with E-state index in [-0.39, 0.29) is 45.0 Å². The zero-order chi connectivity index (χ0) is 29.9. The van der Waals surface area contributed by atoms with E-state index in [9.17, 15) is 23.2 Å². The maximum absolute atomic E-state index is 14.0. The number of anilines is 1. The van der Waals surface area contributed by atoms with Crippen molar-refractivity contribution in [3.05, 3.63) is 79.2 Å². The summed E-state index contributed by atoms with van der Waals surface area (Å²) in [5.74, 6) is -0.292. The number of ether oxygens (including phenoxy) is 2. The van der Waals surface area contributed by atoms with E-state index in [2.05, 4.69) is 0 Å². The van der Waals surface area contributed by atoms with E-state index >= 15 is 0 Å². The number of aromatic amines is 1. The molecule has 1 aromatic heterocycles. The average Bonchev–Trinajstić information content (AvgIpc) is 3.34. The number of methoxy groups -OCH3 is 1. The van der Waals surface area contributed by atoms with Crippen molar-refractivity contribution in [1.29, 1.82) is 0 Å². The first-order chi connectivity index (χ1) is 19.5. The second-order valence-corrected chi connectivity index (χ2v) is 11.2. The number of fused-ring (bicyclic) bond motifs is 1. The monoisotopic (exact) mass is 645 g/mol. The van der Waals surface area contributed by atoms with Crippen molar-refractivity contribution >= 4 is 64.6 Å². The van der Waals surface area contributed by atoms with Crippen molar-refractivity contribution < 1.29 is 27.8 Å². The van der Waals surface area contributed by atoms with Gasteiger partial charge in [0.25, 0.3) is 11.5 Å². The van der Waals surface area contributed by atoms with Gasteiger partial charge in [0.15, 0.2) is 0 Å². The number of benzene rings is 2. The van der Waals surface area contributed by atoms with Crippen LogP contribution >= 0.6 is 46.6 Å². The Bertz CT molecular complexity index is 1510. The SMILES string of the molecule is CCOCCN(C=O)c1cc2c(cc1OC)CN(C(=O)c1c(Sc3c(Cl)cccc3Cl)cc(C(F)(F)Cl)[nH]c1=O)C2. The molecule has 1 aliphatic rings. The Morgan fingerprint density at radius 1 is 1.20 bits per heavy atom. The van der Waals surface area contributed by atoms with Gasteiger partial charge in [-0.25, -0.2) is 0 Å². The van der Waals surface area contributed by atoms with Crippen molar-refractivity contribution in [1.82, 2.24) is 9.88 Å². The van der Waals surface area contributed by atoms with Gasteiger partial charge in [0.1, 0.15) is 17.0 Å². The summed E-state index contributed by atoms with van der Waals surface area (Å²) in [4.78, 5) is 43.7. The molecule has 1 aliphatic heterocycles. The third-order valence-corrected chi connectivity index (χ3v) is 8.52. The van der Waals surface area contributed by atoms with Crippen LogP contribution in [0.4, 0.5) is 14.5 Å². The Morgan fingerprint density at radius 2 is 1.85 bits per heavy atom. The first-order valence-corrected chi connectivity index (χ1v) is 14.2. The summed E-state index contributed by atoms with van der Waals surface area (Å²) in [6, 6.07) is 9.08. The lowest BCUT2D eigenvalue weighted by molar-refractivity contribution is -0.107. The molecule has 2 aromatic carbocycles. The number of nitrogens with zero attached hydrogens (tertiary/aromatic N) is 2. The number of carbonyl (C=O) groups excluding carboxylic acids is 2. The summed E-state index contributed by atoms with van der Waals surface area (Å²) in [6.07, 6.45) is 0.665. The number of nitrogens with one attached hydrogen (secondary N) is 1. The van der Waals surface area contributed by atoms with E-state index in [1.54, 1.807) is 30.3 Å². The highest BCUT2D eigenvalue weighted by Crippen LogP contribution is 2.42. The highest BCUT2D eigenvalue weighted by atomic mass is 35.5. The molecule has 218 valence electrons. The van der Waals surface area contributed by atoms with Gasteiger partial charge in [-0.05, 0) is 60.0 Å². The topological polar surface area (TPSA) is 91.9 Å². The van der Waals surface area contributed by atoms with Crippen LogP contribution < -0.4 is 15.2 Å². The summed E-state index contributed by atoms with van der Waals surface area (Å²) in [5, 5.41) is -3.49. The molecular formula is C27H24Cl3F2N3O5S. The summed E-state index contributed by atoms with van der Waals surface area (Å²) < 4.78 is 38.9. The molecular weight excluding hydrogens is 623 g/mol. The van der Waals surface area contributed by atoms with Crippen LogP contribution in [0.5, 0.6) is 5.75 Å². The van der Waals surface area contributed by atoms with Crippen LogP contribution in [0.3, 0.4) is 0 Å². The second kappa shape index (κ2) is 13.0. The normalized spacial score (nSPS) is 12.8. The second-order valence-electron chi connectivity index (χ2n) is 8.85. The van der Waals surface area contributed by atoms with Crippen LogP contribution in [0.2, 0.25) is 10.0 Å². The van der Waals surface area contributed by atoms with E-state index in [0.717, 1.165) is 29.0 Å². The minimum absolute atomic E-state index is 0.0904. The van der Waals surface area contributed by atoms with Crippen LogP contribution in [-0.4, -0.2) is 49.1 Å². The Morgan fingerprint density at radius 3 is 2.44 bits per heavy atom. The van der Waals surface area contributed by atoms with Gasteiger partial charge in [0.2, 0.25) is 6.41 Å². The number of hydrogen-bond donors (Lipinski definition) is 1. The molecule has 0 radical (unpaired) electrons. The van der Waals surface area contributed by atoms with Crippen molar-refractivity contribution in [2.45, 2.75) is 35.2 Å². The molecule has 0 spiro atoms. The summed E-state index contributed by atoms with van der Waals surface area (Å²) in [7, 11) is 1.46. The van der Waals surface area contributed by atoms with Crippen molar-refractivity contribution in [3.63, 3.8) is 0 Å². The molecule has 3 aromatic rings. The zero-order valence-electron chi connectivity index (χ0n) is 21.8. The first-order valence-electron chi connectivity index (χ1n) is 12.2. The van der Waals surface area contributed by atoms with Gasteiger partial charge < -0.3 is 24.3 Å². The quantitative estimate of drug-likeness (QED) is 0.150. The maximum Gasteiger partial charge on any atom is 0.362 e. The standard InChI is InChI=1S/C27H24Cl3F2N3O5S/c1-3-40-8-7-34(14-36)19-9-15-12-35(13-16(15)10-20(19)39-2)26(38)23-21(11-22(27(30,31)32)33-25(23)37)41-24-17(28)5-4-6-18(24)29/h4-6,9-11,14H,3,7-8,12-13H2,1-2H3,(H,33,37). The Kier molecular flexibility index (Phi) is 9.86. The minimum Gasteiger partial charge on any atom is -0.495 e. The predicted octanol–water partition coefficient (Wildman–Crippen LogP) is 6.28. The van der Waals surface area contributed by atoms with E-state index < -0.39 is 22.5 Å². The molecule has 2 heterocycles. The van der Waals surface area contributed by atoms with Crippen LogP contribution in [0.15, 0.2) is 51.0 Å². The van der Waals surface area contributed by atoms with Crippen LogP contribution in [0.25, 0.3) is 0 Å². The molecule has 1 N–H and O–H groups in total. The summed E-state index contributed by atoms with van der Waals surface area (Å²) in [5.41, 5.74) is -0.352. The minimum atomic E-state index is -3.90. The van der Waals surface area contributed by atoms with E-state index in [1.165, 1.54) is 16.9 Å². The number of carbonyl (C=O) groups is 2. The van der Waals surface area contributed by atoms with Gasteiger partial charge in [-0.2, -0.15) is 8.78 Å². The number of rotatable bonds is 11. The molecule has 0 atom stereocenters. The zero-order valence-corrected chi connectivity index (χ0v) is 24.9. The molecule has 4 rings (SSSR count). The van der Waals surface area contributed by atoms with Gasteiger partial charge in [0, 0.05) is 36.0 Å². The van der Waals surface area contributed by atoms with Gasteiger partial charge in [-0.15, -0.1) is 0 Å². The highest BCUT2D eigenvalue weighted by Gasteiger charge is 2.34. The maximum atomic E-state index is 14.0. The number of hydrogen-bond acceptors (Lipinski definition) is 6. The summed E-state index contributed by atoms with van der Waals surface area (Å²) >= 11 is 18.6. The van der Waals surface area contributed by atoms with Gasteiger partial charge in [-0.3, -0.25) is 14.4 Å². The first kappa shape index (κ1) is 31.1. The Labute approximate surface area is 253 Å². The Balaban J connectivity index is 1.71. The van der Waals surface area contributed by atoms with E-state index in [1.807, 2.05) is 11.9 Å². The third-order valence-electron chi connectivity index (χ3n) is 6.28. The lowest BCUT2D eigenvalue weighted by atomic mass is 10.1. The molecule has 0 aliphatic carbocycles. The lowest BCUT2D eigenvalue weighted by Crippen LogP contribution is -2.32. The molecule has 0 unspecified atom stereocenters. The number of alkyl halides is 3. The third kappa shape index (κ3) is 6.81. The molecule has 41 heavy (non-hydrogen) atoms. The van der Waals surface area contributed by atoms with E-state index in [4.69, 9.17) is 44.3 Å². The van der Waals surface area contributed by atoms with Crippen LogP contribution in [-0.2, 0) is 28.0 Å². The summed E-state index contributed by atoms with van der Waals surface area (Å²) in [6.45, 7) is 3.14. The molecule has 0 fully saturated rings. The van der Waals surface area contributed by atoms with E-state index in [0.29, 0.717) is 31.1 Å². The fourth-order valence-corrected chi connectivity index (χ4v) is 6.04. The number of amides is 2. The van der Waals surface area contributed by atoms with Crippen molar-refractivity contribution in [2.75, 3.05) is 31.8 Å². The smallest absolute Gasteiger partial charge is 0.362 e. The van der Waals surface area contributed by atoms with Crippen LogP contribution in [0.1, 0.15) is 34.1 Å². The number of H-pyrrole nitrogens is 1. The fraction of sp³-hybridized carbons (Fsp3) is 0.296. The number of halogens is 5. The molecule has 0 saturated carbocycles. The molecule has 8 nitrogen and oxygen atoms in total. The van der Waals surface area contributed by atoms with Gasteiger partial charge in [0.05, 0.1) is 29.4 Å². The molecule has 14 heteroatoms. The number of aromatic nitrogens is 1. The Hall–Kier alpha value is -2.83. The van der Waals surface area contributed by atoms with Crippen LogP contribution in [0, 0.1) is 0 Å². The number of pyridine rings is 1. The largest absolute Gasteiger partial charge is 0.495 e. The van der Waals surface area contributed by atoms with Gasteiger partial charge in [-0.1, -0.05) is 41.0 Å². The van der Waals surface area contributed by atoms with Crippen molar-refractivity contribution in [3.8, 4) is 5.75 Å². The molecule has 0 saturated heterocycles. The average molecular weight is 647 g/mol. The molecule has 0 bridgehead atoms. The highest BCUT2D eigenvalue weighted by molar-refractivity contribution is 7.99.